The molecule has 0 aliphatic heterocycles. The Balaban J connectivity index is 1.89. The van der Waals surface area contributed by atoms with Crippen LogP contribution in [0, 0.1) is 5.92 Å². The molecule has 1 aliphatic rings. The Labute approximate surface area is 132 Å². The van der Waals surface area contributed by atoms with E-state index in [9.17, 15) is 9.59 Å². The molecule has 0 aromatic heterocycles. The van der Waals surface area contributed by atoms with Crippen molar-refractivity contribution in [2.45, 2.75) is 51.9 Å². The maximum absolute atomic E-state index is 12.3. The van der Waals surface area contributed by atoms with Gasteiger partial charge >= 0.3 is 0 Å². The summed E-state index contributed by atoms with van der Waals surface area (Å²) >= 11 is 0. The molecule has 1 aromatic carbocycles. The highest BCUT2D eigenvalue weighted by atomic mass is 16.1. The lowest BCUT2D eigenvalue weighted by molar-refractivity contribution is -0.116. The second-order valence-electron chi connectivity index (χ2n) is 6.35. The van der Waals surface area contributed by atoms with Crippen LogP contribution in [0.2, 0.25) is 0 Å². The van der Waals surface area contributed by atoms with E-state index in [0.717, 1.165) is 17.9 Å². The predicted octanol–water partition coefficient (Wildman–Crippen LogP) is 3.10. The Bertz CT molecular complexity index is 534. The monoisotopic (exact) mass is 302 g/mol. The molecule has 1 aromatic rings. The summed E-state index contributed by atoms with van der Waals surface area (Å²) in [5, 5.41) is 2.96. The van der Waals surface area contributed by atoms with Crippen molar-refractivity contribution in [1.29, 1.82) is 0 Å². The fourth-order valence-electron chi connectivity index (χ4n) is 3.16. The van der Waals surface area contributed by atoms with Crippen molar-refractivity contribution in [3.05, 3.63) is 29.3 Å². The van der Waals surface area contributed by atoms with Gasteiger partial charge in [-0.25, -0.2) is 0 Å². The van der Waals surface area contributed by atoms with Crippen LogP contribution in [0.3, 0.4) is 0 Å². The van der Waals surface area contributed by atoms with Crippen LogP contribution in [0.25, 0.3) is 0 Å². The third-order valence-corrected chi connectivity index (χ3v) is 4.38. The number of Topliss-reactive ketones (excluding diaryl/α,β-unsaturated/α-hetero) is 1. The summed E-state index contributed by atoms with van der Waals surface area (Å²) in [6.45, 7) is 2.24. The van der Waals surface area contributed by atoms with Gasteiger partial charge in [-0.05, 0) is 37.0 Å². The SMILES string of the molecule is CC(=O)Cc1ccc(N)c(C(=O)NCCC2CCCCC2)c1. The number of carbonyl (C=O) groups is 2. The van der Waals surface area contributed by atoms with Crippen molar-refractivity contribution in [1.82, 2.24) is 5.32 Å². The number of nitrogens with one attached hydrogen (secondary N) is 1. The van der Waals surface area contributed by atoms with Crippen molar-refractivity contribution in [2.24, 2.45) is 5.92 Å². The Morgan fingerprint density at radius 2 is 1.95 bits per heavy atom. The lowest BCUT2D eigenvalue weighted by Crippen LogP contribution is -2.27. The van der Waals surface area contributed by atoms with Gasteiger partial charge in [-0.1, -0.05) is 38.2 Å². The van der Waals surface area contributed by atoms with E-state index in [2.05, 4.69) is 5.32 Å². The Hall–Kier alpha value is -1.84. The highest BCUT2D eigenvalue weighted by Gasteiger charge is 2.15. The number of hydrogen-bond acceptors (Lipinski definition) is 3. The Morgan fingerprint density at radius 1 is 1.23 bits per heavy atom. The van der Waals surface area contributed by atoms with Crippen LogP contribution in [-0.4, -0.2) is 18.2 Å². The van der Waals surface area contributed by atoms with Gasteiger partial charge in [0.1, 0.15) is 5.78 Å². The number of nitrogen functional groups attached to an aromatic ring is 1. The number of hydrogen-bond donors (Lipinski definition) is 2. The summed E-state index contributed by atoms with van der Waals surface area (Å²) in [5.74, 6) is 0.683. The summed E-state index contributed by atoms with van der Waals surface area (Å²) in [6, 6.07) is 5.23. The van der Waals surface area contributed by atoms with Crippen molar-refractivity contribution in [3.63, 3.8) is 0 Å². The molecule has 1 amide bonds. The molecule has 22 heavy (non-hydrogen) atoms. The Morgan fingerprint density at radius 3 is 2.64 bits per heavy atom. The third kappa shape index (κ3) is 4.86. The topological polar surface area (TPSA) is 72.2 Å². The van der Waals surface area contributed by atoms with E-state index in [1.807, 2.05) is 0 Å². The van der Waals surface area contributed by atoms with Crippen molar-refractivity contribution < 1.29 is 9.59 Å². The molecule has 0 heterocycles. The minimum Gasteiger partial charge on any atom is -0.398 e. The summed E-state index contributed by atoms with van der Waals surface area (Å²) in [5.41, 5.74) is 7.66. The molecule has 120 valence electrons. The first kappa shape index (κ1) is 16.5. The number of nitrogens with two attached hydrogens (primary N) is 1. The normalized spacial score (nSPS) is 15.5. The molecule has 1 saturated carbocycles. The average Bonchev–Trinajstić information content (AvgIpc) is 2.49. The molecule has 0 radical (unpaired) electrons. The number of anilines is 1. The number of benzene rings is 1. The second-order valence-corrected chi connectivity index (χ2v) is 6.35. The van der Waals surface area contributed by atoms with Crippen LogP contribution in [0.15, 0.2) is 18.2 Å². The maximum Gasteiger partial charge on any atom is 0.253 e. The van der Waals surface area contributed by atoms with E-state index in [0.29, 0.717) is 24.2 Å². The standard InChI is InChI=1S/C18H26N2O2/c1-13(21)11-15-7-8-17(19)16(12-15)18(22)20-10-9-14-5-3-2-4-6-14/h7-8,12,14H,2-6,9-11,19H2,1H3,(H,20,22). The van der Waals surface area contributed by atoms with Crippen molar-refractivity contribution in [3.8, 4) is 0 Å². The molecule has 3 N–H and O–H groups in total. The van der Waals surface area contributed by atoms with Gasteiger partial charge in [-0.15, -0.1) is 0 Å². The van der Waals surface area contributed by atoms with Gasteiger partial charge in [0, 0.05) is 18.7 Å². The molecule has 0 spiro atoms. The van der Waals surface area contributed by atoms with Crippen LogP contribution >= 0.6 is 0 Å². The molecule has 1 fully saturated rings. The zero-order valence-corrected chi connectivity index (χ0v) is 13.4. The van der Waals surface area contributed by atoms with Gasteiger partial charge in [0.15, 0.2) is 0 Å². The fraction of sp³-hybridized carbons (Fsp3) is 0.556. The van der Waals surface area contributed by atoms with Gasteiger partial charge in [-0.2, -0.15) is 0 Å². The van der Waals surface area contributed by atoms with Crippen LogP contribution in [-0.2, 0) is 11.2 Å². The number of carbonyl (C=O) groups excluding carboxylic acids is 2. The predicted molar refractivity (Wildman–Crippen MR) is 88.8 cm³/mol. The lowest BCUT2D eigenvalue weighted by atomic mass is 9.87. The average molecular weight is 302 g/mol. The van der Waals surface area contributed by atoms with Crippen LogP contribution < -0.4 is 11.1 Å². The maximum atomic E-state index is 12.3. The highest BCUT2D eigenvalue weighted by molar-refractivity contribution is 5.99. The van der Waals surface area contributed by atoms with Crippen LogP contribution in [0.1, 0.15) is 61.4 Å². The number of ketones is 1. The minimum absolute atomic E-state index is 0.0772. The molecule has 4 heteroatoms. The van der Waals surface area contributed by atoms with Gasteiger partial charge in [-0.3, -0.25) is 9.59 Å². The Kier molecular flexibility index (Phi) is 5.99. The fourth-order valence-corrected chi connectivity index (χ4v) is 3.16. The largest absolute Gasteiger partial charge is 0.398 e. The van der Waals surface area contributed by atoms with Crippen LogP contribution in [0.5, 0.6) is 0 Å². The summed E-state index contributed by atoms with van der Waals surface area (Å²) < 4.78 is 0. The molecule has 4 nitrogen and oxygen atoms in total. The molecule has 0 atom stereocenters. The van der Waals surface area contributed by atoms with Crippen LogP contribution in [0.4, 0.5) is 5.69 Å². The van der Waals surface area contributed by atoms with E-state index in [-0.39, 0.29) is 11.7 Å². The van der Waals surface area contributed by atoms with E-state index in [4.69, 9.17) is 5.73 Å². The highest BCUT2D eigenvalue weighted by Crippen LogP contribution is 2.25. The molecule has 0 saturated heterocycles. The molecule has 1 aliphatic carbocycles. The summed E-state index contributed by atoms with van der Waals surface area (Å²) in [4.78, 5) is 23.5. The van der Waals surface area contributed by atoms with E-state index in [1.165, 1.54) is 32.1 Å². The third-order valence-electron chi connectivity index (χ3n) is 4.38. The van der Waals surface area contributed by atoms with Crippen molar-refractivity contribution >= 4 is 17.4 Å². The molecule has 0 bridgehead atoms. The van der Waals surface area contributed by atoms with E-state index >= 15 is 0 Å². The first-order valence-electron chi connectivity index (χ1n) is 8.22. The summed E-state index contributed by atoms with van der Waals surface area (Å²) in [6.07, 6.45) is 7.93. The first-order valence-corrected chi connectivity index (χ1v) is 8.22. The zero-order valence-electron chi connectivity index (χ0n) is 13.4. The molecule has 2 rings (SSSR count). The van der Waals surface area contributed by atoms with Gasteiger partial charge < -0.3 is 11.1 Å². The quantitative estimate of drug-likeness (QED) is 0.793. The number of rotatable bonds is 6. The first-order chi connectivity index (χ1) is 10.6. The van der Waals surface area contributed by atoms with Gasteiger partial charge in [0.2, 0.25) is 0 Å². The van der Waals surface area contributed by atoms with E-state index < -0.39 is 0 Å². The van der Waals surface area contributed by atoms with Crippen molar-refractivity contribution in [2.75, 3.05) is 12.3 Å². The van der Waals surface area contributed by atoms with Gasteiger partial charge in [0.25, 0.3) is 5.91 Å². The van der Waals surface area contributed by atoms with Gasteiger partial charge in [0.05, 0.1) is 5.56 Å². The minimum atomic E-state index is -0.140. The van der Waals surface area contributed by atoms with E-state index in [1.54, 1.807) is 25.1 Å². The second kappa shape index (κ2) is 7.97. The smallest absolute Gasteiger partial charge is 0.253 e. The lowest BCUT2D eigenvalue weighted by Gasteiger charge is -2.21. The molecular formula is C18H26N2O2. The molecular weight excluding hydrogens is 276 g/mol. The number of amides is 1. The summed E-state index contributed by atoms with van der Waals surface area (Å²) in [7, 11) is 0. The molecule has 0 unspecified atom stereocenters. The zero-order chi connectivity index (χ0) is 15.9.